The van der Waals surface area contributed by atoms with Gasteiger partial charge in [0.1, 0.15) is 11.5 Å². The fourth-order valence-corrected chi connectivity index (χ4v) is 3.73. The molecular weight excluding hydrogens is 322 g/mol. The molecule has 1 amide bonds. The molecule has 0 aromatic carbocycles. The standard InChI is InChI=1S/C18H23N3O2S/c1-12-3-8-16(23-12)17-19-15(11-24-17)18(22)21(14-6-7-14)10-9-20(2)13-4-5-13/h3,8,11,13-14H,4-7,9-10H2,1-2H3. The number of thiazole rings is 1. The van der Waals surface area contributed by atoms with Crippen LogP contribution < -0.4 is 0 Å². The highest BCUT2D eigenvalue weighted by atomic mass is 32.1. The van der Waals surface area contributed by atoms with E-state index in [1.807, 2.05) is 29.3 Å². The summed E-state index contributed by atoms with van der Waals surface area (Å²) in [6.45, 7) is 3.65. The molecule has 0 aliphatic heterocycles. The zero-order valence-corrected chi connectivity index (χ0v) is 15.0. The van der Waals surface area contributed by atoms with Gasteiger partial charge in [-0.1, -0.05) is 0 Å². The first-order valence-electron chi connectivity index (χ1n) is 8.65. The number of rotatable bonds is 7. The number of hydrogen-bond acceptors (Lipinski definition) is 5. The van der Waals surface area contributed by atoms with Crippen molar-refractivity contribution >= 4 is 17.2 Å². The Morgan fingerprint density at radius 2 is 2.00 bits per heavy atom. The monoisotopic (exact) mass is 345 g/mol. The zero-order chi connectivity index (χ0) is 16.7. The summed E-state index contributed by atoms with van der Waals surface area (Å²) in [7, 11) is 2.16. The Kier molecular flexibility index (Phi) is 4.18. The number of furan rings is 1. The highest BCUT2D eigenvalue weighted by molar-refractivity contribution is 7.13. The predicted octanol–water partition coefficient (Wildman–Crippen LogP) is 3.41. The predicted molar refractivity (Wildman–Crippen MR) is 94.3 cm³/mol. The van der Waals surface area contributed by atoms with Crippen LogP contribution in [0.3, 0.4) is 0 Å². The summed E-state index contributed by atoms with van der Waals surface area (Å²) in [6.07, 6.45) is 4.83. The summed E-state index contributed by atoms with van der Waals surface area (Å²) in [4.78, 5) is 21.8. The van der Waals surface area contributed by atoms with Gasteiger partial charge < -0.3 is 14.2 Å². The SMILES string of the molecule is Cc1ccc(-c2nc(C(=O)N(CCN(C)C3CC3)C3CC3)cs2)o1. The average molecular weight is 345 g/mol. The van der Waals surface area contributed by atoms with Crippen molar-refractivity contribution in [3.63, 3.8) is 0 Å². The van der Waals surface area contributed by atoms with Gasteiger partial charge in [0.05, 0.1) is 0 Å². The number of carbonyl (C=O) groups excluding carboxylic acids is 1. The van der Waals surface area contributed by atoms with Crippen LogP contribution in [0.5, 0.6) is 0 Å². The van der Waals surface area contributed by atoms with E-state index in [9.17, 15) is 4.79 Å². The van der Waals surface area contributed by atoms with Gasteiger partial charge in [0.15, 0.2) is 10.8 Å². The normalized spacial score (nSPS) is 17.5. The Morgan fingerprint density at radius 1 is 1.25 bits per heavy atom. The fourth-order valence-electron chi connectivity index (χ4n) is 2.98. The van der Waals surface area contributed by atoms with Gasteiger partial charge in [-0.25, -0.2) is 4.98 Å². The summed E-state index contributed by atoms with van der Waals surface area (Å²) in [6, 6.07) is 4.96. The third kappa shape index (κ3) is 3.39. The molecule has 0 radical (unpaired) electrons. The molecule has 0 saturated heterocycles. The Balaban J connectivity index is 1.45. The zero-order valence-electron chi connectivity index (χ0n) is 14.2. The van der Waals surface area contributed by atoms with E-state index in [0.29, 0.717) is 11.7 Å². The molecule has 0 N–H and O–H groups in total. The van der Waals surface area contributed by atoms with Crippen LogP contribution in [0.4, 0.5) is 0 Å². The molecule has 4 rings (SSSR count). The van der Waals surface area contributed by atoms with Crippen LogP contribution >= 0.6 is 11.3 Å². The van der Waals surface area contributed by atoms with Crippen molar-refractivity contribution in [3.8, 4) is 10.8 Å². The number of aryl methyl sites for hydroxylation is 1. The molecule has 6 heteroatoms. The molecule has 2 aromatic rings. The molecule has 0 bridgehead atoms. The molecule has 0 unspecified atom stereocenters. The molecule has 0 atom stereocenters. The van der Waals surface area contributed by atoms with E-state index in [0.717, 1.165) is 48.5 Å². The third-order valence-corrected chi connectivity index (χ3v) is 5.64. The minimum Gasteiger partial charge on any atom is -0.459 e. The molecule has 0 spiro atoms. The maximum Gasteiger partial charge on any atom is 0.273 e. The first-order valence-corrected chi connectivity index (χ1v) is 9.53. The van der Waals surface area contributed by atoms with E-state index < -0.39 is 0 Å². The Labute approximate surface area is 146 Å². The van der Waals surface area contributed by atoms with Crippen LogP contribution in [0.15, 0.2) is 21.9 Å². The highest BCUT2D eigenvalue weighted by Gasteiger charge is 2.35. The average Bonchev–Trinajstić information content (AvgIpc) is 3.49. The second-order valence-corrected chi connectivity index (χ2v) is 7.75. The summed E-state index contributed by atoms with van der Waals surface area (Å²) < 4.78 is 5.61. The van der Waals surface area contributed by atoms with Crippen LogP contribution in [0, 0.1) is 6.92 Å². The summed E-state index contributed by atoms with van der Waals surface area (Å²) >= 11 is 1.47. The second kappa shape index (κ2) is 6.33. The highest BCUT2D eigenvalue weighted by Crippen LogP contribution is 2.31. The lowest BCUT2D eigenvalue weighted by Gasteiger charge is -2.25. The van der Waals surface area contributed by atoms with Gasteiger partial charge in [0.2, 0.25) is 0 Å². The fraction of sp³-hybridized carbons (Fsp3) is 0.556. The summed E-state index contributed by atoms with van der Waals surface area (Å²) in [5.74, 6) is 1.66. The van der Waals surface area contributed by atoms with E-state index in [4.69, 9.17) is 4.42 Å². The Hall–Kier alpha value is -1.66. The molecule has 128 valence electrons. The number of nitrogens with zero attached hydrogens (tertiary/aromatic N) is 3. The van der Waals surface area contributed by atoms with Gasteiger partial charge >= 0.3 is 0 Å². The van der Waals surface area contributed by atoms with Gasteiger partial charge in [-0.15, -0.1) is 11.3 Å². The van der Waals surface area contributed by atoms with Crippen molar-refractivity contribution in [2.24, 2.45) is 0 Å². The minimum absolute atomic E-state index is 0.0625. The lowest BCUT2D eigenvalue weighted by molar-refractivity contribution is 0.0721. The van der Waals surface area contributed by atoms with Crippen LogP contribution in [0.1, 0.15) is 41.9 Å². The van der Waals surface area contributed by atoms with Crippen LogP contribution in [0.2, 0.25) is 0 Å². The van der Waals surface area contributed by atoms with Crippen LogP contribution in [-0.2, 0) is 0 Å². The maximum atomic E-state index is 12.9. The number of amides is 1. The summed E-state index contributed by atoms with van der Waals surface area (Å²) in [5, 5.41) is 2.63. The molecular formula is C18H23N3O2S. The lowest BCUT2D eigenvalue weighted by atomic mass is 10.3. The van der Waals surface area contributed by atoms with Crippen molar-refractivity contribution in [2.45, 2.75) is 44.7 Å². The largest absolute Gasteiger partial charge is 0.459 e. The van der Waals surface area contributed by atoms with Crippen molar-refractivity contribution in [1.29, 1.82) is 0 Å². The summed E-state index contributed by atoms with van der Waals surface area (Å²) in [5.41, 5.74) is 0.546. The first kappa shape index (κ1) is 15.8. The van der Waals surface area contributed by atoms with E-state index >= 15 is 0 Å². The molecule has 24 heavy (non-hydrogen) atoms. The lowest BCUT2D eigenvalue weighted by Crippen LogP contribution is -2.39. The van der Waals surface area contributed by atoms with Crippen molar-refractivity contribution in [2.75, 3.05) is 20.1 Å². The van der Waals surface area contributed by atoms with Crippen molar-refractivity contribution in [1.82, 2.24) is 14.8 Å². The molecule has 2 heterocycles. The number of aromatic nitrogens is 1. The van der Waals surface area contributed by atoms with Crippen LogP contribution in [-0.4, -0.2) is 52.9 Å². The third-order valence-electron chi connectivity index (χ3n) is 4.79. The van der Waals surface area contributed by atoms with Gasteiger partial charge in [-0.05, 0) is 51.8 Å². The second-order valence-electron chi connectivity index (χ2n) is 6.89. The maximum absolute atomic E-state index is 12.9. The number of hydrogen-bond donors (Lipinski definition) is 0. The van der Waals surface area contributed by atoms with Gasteiger partial charge in [-0.2, -0.15) is 0 Å². The number of carbonyl (C=O) groups is 1. The molecule has 2 fully saturated rings. The Bertz CT molecular complexity index is 730. The molecule has 2 aliphatic carbocycles. The topological polar surface area (TPSA) is 49.6 Å². The Morgan fingerprint density at radius 3 is 2.62 bits per heavy atom. The van der Waals surface area contributed by atoms with Gasteiger partial charge in [0, 0.05) is 30.6 Å². The smallest absolute Gasteiger partial charge is 0.273 e. The van der Waals surface area contributed by atoms with E-state index in [1.54, 1.807) is 0 Å². The molecule has 2 aromatic heterocycles. The van der Waals surface area contributed by atoms with E-state index in [2.05, 4.69) is 16.9 Å². The first-order chi connectivity index (χ1) is 11.6. The van der Waals surface area contributed by atoms with Crippen molar-refractivity contribution in [3.05, 3.63) is 29.0 Å². The van der Waals surface area contributed by atoms with E-state index in [-0.39, 0.29) is 5.91 Å². The van der Waals surface area contributed by atoms with Gasteiger partial charge in [0.25, 0.3) is 5.91 Å². The van der Waals surface area contributed by atoms with Crippen LogP contribution in [0.25, 0.3) is 10.8 Å². The molecule has 5 nitrogen and oxygen atoms in total. The minimum atomic E-state index is 0.0625. The molecule has 2 saturated carbocycles. The van der Waals surface area contributed by atoms with Gasteiger partial charge in [-0.3, -0.25) is 4.79 Å². The van der Waals surface area contributed by atoms with Crippen molar-refractivity contribution < 1.29 is 9.21 Å². The van der Waals surface area contributed by atoms with E-state index in [1.165, 1.54) is 24.2 Å². The number of likely N-dealkylation sites (N-methyl/N-ethyl adjacent to an activating group) is 1. The quantitative estimate of drug-likeness (QED) is 0.772. The molecule has 2 aliphatic rings.